The predicted octanol–water partition coefficient (Wildman–Crippen LogP) is -0.583. The molecule has 0 saturated carbocycles. The van der Waals surface area contributed by atoms with Gasteiger partial charge in [-0.25, -0.2) is 0 Å². The van der Waals surface area contributed by atoms with Gasteiger partial charge in [-0.05, 0) is 109 Å². The second-order valence-electron chi connectivity index (χ2n) is 20.6. The number of anilines is 1. The number of nitrogens with two attached hydrogens (primary N) is 4. The molecule has 4 aromatic rings. The number of rotatable bonds is 20. The number of aromatic hydroxyl groups is 2. The molecule has 11 atom stereocenters. The first-order chi connectivity index (χ1) is 39.5. The maximum atomic E-state index is 14.8. The summed E-state index contributed by atoms with van der Waals surface area (Å²) in [4.78, 5) is 127. The molecular weight excluding hydrogens is 1130 g/mol. The topological polar surface area (TPSA) is 415 Å². The molecule has 0 aromatic heterocycles. The number of carbonyl (C=O) groups is 9. The van der Waals surface area contributed by atoms with E-state index in [-0.39, 0.29) is 68.2 Å². The lowest BCUT2D eigenvalue weighted by Gasteiger charge is -2.40. The summed E-state index contributed by atoms with van der Waals surface area (Å²) in [5.74, 6) is -8.50. The van der Waals surface area contributed by atoms with Crippen LogP contribution in [0.25, 0.3) is 0 Å². The van der Waals surface area contributed by atoms with Crippen LogP contribution in [0.15, 0.2) is 97.1 Å². The maximum absolute atomic E-state index is 14.8. The standard InChI is InChI=1S/C56H71ClN12O12S2/c1-28(2)43(60)54(79)62-34-16-8-30(9-17-34)25-40-51(76)63-38(5-3-4-22-58)50(75)68-44-46(72)47(45(69-55(44)80)56(81)64-39(48(61)73)24-31-10-18-35(70)19-11-31)83-82-27-42(67-49(74)37(59)23-29-6-14-33(57)15-7-29)53(78)66-41(52(77)65-40)26-32-12-20-36(71)21-13-32/h6-21,28,37-47,70-72H,3-5,22-27,58-60H2,1-2H3,(H2,61,73)(H,62,79)(H,63,76)(H,64,81)(H,65,77)(H,66,78)(H,67,74)(H,68,75)(H,69,80)/t37-,38-,39+,40+,41-,42+,43-,44-,45-,46-,47?/m0/s1. The van der Waals surface area contributed by atoms with Crippen molar-refractivity contribution in [3.8, 4) is 11.5 Å². The Balaban J connectivity index is 1.40. The summed E-state index contributed by atoms with van der Waals surface area (Å²) in [5.41, 5.74) is 26.4. The fourth-order valence-electron chi connectivity index (χ4n) is 8.92. The summed E-state index contributed by atoms with van der Waals surface area (Å²) >= 11 is 6.09. The zero-order chi connectivity index (χ0) is 60.5. The molecule has 0 radical (unpaired) electrons. The number of piperidine rings is 1. The number of unbranched alkanes of at least 4 members (excludes halogenated alkanes) is 1. The van der Waals surface area contributed by atoms with Crippen molar-refractivity contribution in [1.29, 1.82) is 0 Å². The molecule has 446 valence electrons. The van der Waals surface area contributed by atoms with E-state index in [1.165, 1.54) is 48.5 Å². The molecule has 4 aromatic carbocycles. The van der Waals surface area contributed by atoms with Crippen molar-refractivity contribution in [2.24, 2.45) is 28.9 Å². The first kappa shape index (κ1) is 64.7. The predicted molar refractivity (Wildman–Crippen MR) is 314 cm³/mol. The van der Waals surface area contributed by atoms with Gasteiger partial charge in [0, 0.05) is 35.7 Å². The Bertz CT molecular complexity index is 2930. The van der Waals surface area contributed by atoms with Crippen molar-refractivity contribution in [2.75, 3.05) is 17.6 Å². The third kappa shape index (κ3) is 19.0. The van der Waals surface area contributed by atoms with Gasteiger partial charge >= 0.3 is 0 Å². The fraction of sp³-hybridized carbons (Fsp3) is 0.411. The van der Waals surface area contributed by atoms with E-state index in [4.69, 9.17) is 34.5 Å². The Morgan fingerprint density at radius 3 is 1.75 bits per heavy atom. The van der Waals surface area contributed by atoms with E-state index in [0.29, 0.717) is 39.4 Å². The number of fused-ring (bicyclic) bond motifs is 2. The summed E-state index contributed by atoms with van der Waals surface area (Å²) in [6.45, 7) is 3.80. The Morgan fingerprint density at radius 1 is 0.663 bits per heavy atom. The number of hydrogen-bond donors (Lipinski definition) is 15. The number of amides is 9. The van der Waals surface area contributed by atoms with Gasteiger partial charge in [-0.1, -0.05) is 95.6 Å². The smallest absolute Gasteiger partial charge is 0.246 e. The van der Waals surface area contributed by atoms with Crippen LogP contribution in [-0.2, 0) is 68.8 Å². The number of nitrogens with one attached hydrogen (secondary N) is 8. The van der Waals surface area contributed by atoms with E-state index in [1.807, 2.05) is 0 Å². The number of aliphatic hydroxyl groups excluding tert-OH is 1. The maximum Gasteiger partial charge on any atom is 0.246 e. The van der Waals surface area contributed by atoms with Crippen LogP contribution in [0, 0.1) is 5.92 Å². The highest BCUT2D eigenvalue weighted by Gasteiger charge is 2.49. The van der Waals surface area contributed by atoms with Crippen molar-refractivity contribution < 1.29 is 58.5 Å². The minimum Gasteiger partial charge on any atom is -0.508 e. The molecule has 9 amide bonds. The van der Waals surface area contributed by atoms with Crippen LogP contribution in [0.5, 0.6) is 11.5 Å². The Labute approximate surface area is 492 Å². The fourth-order valence-corrected chi connectivity index (χ4v) is 12.0. The summed E-state index contributed by atoms with van der Waals surface area (Å²) in [5, 5.41) is 52.4. The molecule has 2 fully saturated rings. The second kappa shape index (κ2) is 30.7. The number of hydrogen-bond acceptors (Lipinski definition) is 17. The van der Waals surface area contributed by atoms with Crippen LogP contribution in [-0.4, -0.2) is 147 Å². The van der Waals surface area contributed by atoms with Gasteiger partial charge < -0.3 is 80.8 Å². The zero-order valence-electron chi connectivity index (χ0n) is 45.5. The Kier molecular flexibility index (Phi) is 24.0. The SMILES string of the molecule is CC(C)[C@H](N)C(=O)Nc1ccc(C[C@H]2NC(=O)[C@H](Cc3ccc(O)cc3)NC(=O)[C@H](NC(=O)[C@@H](N)Cc3ccc(Cl)cc3)CSSC3[C@@H](C(=O)N[C@H](Cc4ccc(O)cc4)C(N)=O)NC(=O)[C@@H](NC(=O)[C@H](CCCCN)NC2=O)[C@@H]3O)cc1. The summed E-state index contributed by atoms with van der Waals surface area (Å²) < 4.78 is 0. The third-order valence-corrected chi connectivity index (χ3v) is 17.0. The van der Waals surface area contributed by atoms with Gasteiger partial charge in [0.1, 0.15) is 53.8 Å². The van der Waals surface area contributed by atoms with E-state index in [2.05, 4.69) is 42.5 Å². The van der Waals surface area contributed by atoms with Crippen molar-refractivity contribution in [1.82, 2.24) is 37.2 Å². The van der Waals surface area contributed by atoms with Crippen molar-refractivity contribution in [2.45, 2.75) is 125 Å². The molecule has 27 heteroatoms. The van der Waals surface area contributed by atoms with Crippen LogP contribution in [0.4, 0.5) is 5.69 Å². The third-order valence-electron chi connectivity index (χ3n) is 13.9. The second-order valence-corrected chi connectivity index (χ2v) is 23.7. The van der Waals surface area contributed by atoms with E-state index in [0.717, 1.165) is 21.6 Å². The number of carbonyl (C=O) groups excluding carboxylic acids is 9. The normalized spacial score (nSPS) is 22.8. The van der Waals surface area contributed by atoms with Crippen LogP contribution in [0.3, 0.4) is 0 Å². The highest BCUT2D eigenvalue weighted by Crippen LogP contribution is 2.35. The van der Waals surface area contributed by atoms with Crippen LogP contribution in [0.1, 0.15) is 55.4 Å². The van der Waals surface area contributed by atoms with E-state index < -0.39 is 119 Å². The van der Waals surface area contributed by atoms with Crippen molar-refractivity contribution in [3.63, 3.8) is 0 Å². The van der Waals surface area contributed by atoms with Gasteiger partial charge in [0.05, 0.1) is 23.4 Å². The van der Waals surface area contributed by atoms with Crippen molar-refractivity contribution >= 4 is 92.0 Å². The zero-order valence-corrected chi connectivity index (χ0v) is 47.9. The molecule has 0 aliphatic carbocycles. The molecular formula is C56H71ClN12O12S2. The molecule has 2 aliphatic heterocycles. The molecule has 6 rings (SSSR count). The molecule has 2 bridgehead atoms. The number of phenols is 2. The Hall–Kier alpha value is -7.46. The summed E-state index contributed by atoms with van der Waals surface area (Å²) in [6, 6.07) is 11.6. The van der Waals surface area contributed by atoms with E-state index in [1.54, 1.807) is 62.4 Å². The lowest BCUT2D eigenvalue weighted by atomic mass is 9.94. The molecule has 19 N–H and O–H groups in total. The van der Waals surface area contributed by atoms with Crippen LogP contribution >= 0.6 is 33.2 Å². The first-order valence-electron chi connectivity index (χ1n) is 26.8. The summed E-state index contributed by atoms with van der Waals surface area (Å²) in [6.07, 6.45) is -1.85. The molecule has 83 heavy (non-hydrogen) atoms. The molecule has 2 aliphatic rings. The summed E-state index contributed by atoms with van der Waals surface area (Å²) in [7, 11) is 1.65. The molecule has 2 heterocycles. The number of phenolic OH excluding ortho intramolecular Hbond substituents is 2. The number of primary amides is 1. The van der Waals surface area contributed by atoms with Crippen LogP contribution < -0.4 is 65.5 Å². The minimum absolute atomic E-state index is 0.00299. The molecule has 24 nitrogen and oxygen atoms in total. The largest absolute Gasteiger partial charge is 0.508 e. The average molecular weight is 1200 g/mol. The van der Waals surface area contributed by atoms with Gasteiger partial charge in [0.2, 0.25) is 53.2 Å². The van der Waals surface area contributed by atoms with Gasteiger partial charge in [0.15, 0.2) is 0 Å². The highest BCUT2D eigenvalue weighted by atomic mass is 35.5. The molecule has 0 spiro atoms. The monoisotopic (exact) mass is 1200 g/mol. The quantitative estimate of drug-likeness (QED) is 0.0389. The van der Waals surface area contributed by atoms with Gasteiger partial charge in [-0.3, -0.25) is 43.2 Å². The van der Waals surface area contributed by atoms with E-state index in [9.17, 15) is 58.5 Å². The average Bonchev–Trinajstić information content (AvgIpc) is 3.65. The van der Waals surface area contributed by atoms with Gasteiger partial charge in [-0.15, -0.1) is 0 Å². The van der Waals surface area contributed by atoms with Crippen molar-refractivity contribution in [3.05, 3.63) is 124 Å². The molecule has 1 unspecified atom stereocenters. The lowest BCUT2D eigenvalue weighted by Crippen LogP contribution is -2.71. The Morgan fingerprint density at radius 2 is 1.18 bits per heavy atom. The van der Waals surface area contributed by atoms with Crippen LogP contribution in [0.2, 0.25) is 5.02 Å². The number of benzene rings is 4. The minimum atomic E-state index is -1.89. The highest BCUT2D eigenvalue weighted by molar-refractivity contribution is 8.77. The lowest BCUT2D eigenvalue weighted by molar-refractivity contribution is -0.140. The van der Waals surface area contributed by atoms with Gasteiger partial charge in [0.25, 0.3) is 0 Å². The van der Waals surface area contributed by atoms with Gasteiger partial charge in [-0.2, -0.15) is 0 Å². The first-order valence-corrected chi connectivity index (χ1v) is 29.6. The number of aliphatic hydroxyl groups is 1. The number of halogens is 1. The van der Waals surface area contributed by atoms with E-state index >= 15 is 0 Å². The molecule has 2 saturated heterocycles.